The van der Waals surface area contributed by atoms with Crippen molar-refractivity contribution in [2.24, 2.45) is 7.05 Å². The number of aryl methyl sites for hydroxylation is 1. The van der Waals surface area contributed by atoms with Crippen molar-refractivity contribution in [3.63, 3.8) is 0 Å². The Labute approximate surface area is 151 Å². The van der Waals surface area contributed by atoms with Gasteiger partial charge in [0, 0.05) is 36.8 Å². The Kier molecular flexibility index (Phi) is 4.92. The molecule has 134 valence electrons. The van der Waals surface area contributed by atoms with Crippen LogP contribution in [0, 0.1) is 0 Å². The summed E-state index contributed by atoms with van der Waals surface area (Å²) in [6.07, 6.45) is 6.47. The van der Waals surface area contributed by atoms with Crippen LogP contribution in [0.15, 0.2) is 53.9 Å². The highest BCUT2D eigenvalue weighted by molar-refractivity contribution is 7.89. The van der Waals surface area contributed by atoms with Crippen molar-refractivity contribution in [1.82, 2.24) is 24.5 Å². The van der Waals surface area contributed by atoms with Crippen LogP contribution in [0.2, 0.25) is 0 Å². The van der Waals surface area contributed by atoms with E-state index in [-0.39, 0.29) is 17.2 Å². The van der Waals surface area contributed by atoms with E-state index in [0.717, 1.165) is 5.56 Å². The summed E-state index contributed by atoms with van der Waals surface area (Å²) in [6.45, 7) is 1.41. The summed E-state index contributed by atoms with van der Waals surface area (Å²) in [6, 6.07) is 5.77. The van der Waals surface area contributed by atoms with E-state index in [2.05, 4.69) is 19.8 Å². The van der Waals surface area contributed by atoms with E-state index in [9.17, 15) is 13.2 Å². The van der Waals surface area contributed by atoms with Gasteiger partial charge in [0.25, 0.3) is 0 Å². The number of benzene rings is 1. The number of Topliss-reactive ketones (excluding diaryl/α,β-unsaturated/α-hetero) is 1. The summed E-state index contributed by atoms with van der Waals surface area (Å²) in [5, 5.41) is 4.10. The molecule has 9 heteroatoms. The molecule has 0 saturated carbocycles. The van der Waals surface area contributed by atoms with Crippen LogP contribution in [0.5, 0.6) is 0 Å². The van der Waals surface area contributed by atoms with E-state index in [4.69, 9.17) is 0 Å². The van der Waals surface area contributed by atoms with Gasteiger partial charge in [0.2, 0.25) is 10.0 Å². The standard InChI is InChI=1S/C17H17N5O3S/c1-12(23)13-3-5-15(6-4-13)26(24,25)21-10-16-17(19-8-7-18-16)14-9-20-22(2)11-14/h3-9,11,21H,10H2,1-2H3. The molecule has 0 atom stereocenters. The van der Waals surface area contributed by atoms with E-state index >= 15 is 0 Å². The van der Waals surface area contributed by atoms with Crippen molar-refractivity contribution >= 4 is 15.8 Å². The summed E-state index contributed by atoms with van der Waals surface area (Å²) >= 11 is 0. The number of hydrogen-bond donors (Lipinski definition) is 1. The van der Waals surface area contributed by atoms with Gasteiger partial charge in [-0.25, -0.2) is 13.1 Å². The van der Waals surface area contributed by atoms with Gasteiger partial charge in [0.15, 0.2) is 5.78 Å². The Balaban J connectivity index is 1.81. The molecule has 0 amide bonds. The third-order valence-corrected chi connectivity index (χ3v) is 5.17. The first-order valence-electron chi connectivity index (χ1n) is 7.76. The number of sulfonamides is 1. The van der Waals surface area contributed by atoms with Crippen LogP contribution in [0.1, 0.15) is 23.0 Å². The normalized spacial score (nSPS) is 11.5. The fourth-order valence-corrected chi connectivity index (χ4v) is 3.38. The lowest BCUT2D eigenvalue weighted by Crippen LogP contribution is -2.24. The molecule has 3 aromatic rings. The summed E-state index contributed by atoms with van der Waals surface area (Å²) in [4.78, 5) is 19.9. The lowest BCUT2D eigenvalue weighted by molar-refractivity contribution is 0.101. The average Bonchev–Trinajstić information content (AvgIpc) is 3.06. The monoisotopic (exact) mass is 371 g/mol. The van der Waals surface area contributed by atoms with E-state index in [0.29, 0.717) is 17.0 Å². The maximum atomic E-state index is 12.5. The van der Waals surface area contributed by atoms with Gasteiger partial charge < -0.3 is 0 Å². The fourth-order valence-electron chi connectivity index (χ4n) is 2.40. The Morgan fingerprint density at radius 3 is 2.46 bits per heavy atom. The Hall–Kier alpha value is -2.91. The van der Waals surface area contributed by atoms with Crippen LogP contribution in [0.25, 0.3) is 11.3 Å². The van der Waals surface area contributed by atoms with Crippen LogP contribution in [0.4, 0.5) is 0 Å². The second-order valence-electron chi connectivity index (χ2n) is 5.66. The zero-order chi connectivity index (χ0) is 18.7. The van der Waals surface area contributed by atoms with Crippen molar-refractivity contribution in [1.29, 1.82) is 0 Å². The number of ketones is 1. The first-order valence-corrected chi connectivity index (χ1v) is 9.25. The zero-order valence-corrected chi connectivity index (χ0v) is 15.1. The highest BCUT2D eigenvalue weighted by Crippen LogP contribution is 2.19. The van der Waals surface area contributed by atoms with E-state index in [1.54, 1.807) is 30.3 Å². The van der Waals surface area contributed by atoms with Gasteiger partial charge >= 0.3 is 0 Å². The predicted molar refractivity (Wildman–Crippen MR) is 94.7 cm³/mol. The molecule has 3 rings (SSSR count). The van der Waals surface area contributed by atoms with Crippen molar-refractivity contribution in [2.75, 3.05) is 0 Å². The highest BCUT2D eigenvalue weighted by atomic mass is 32.2. The molecule has 0 spiro atoms. The molecule has 8 nitrogen and oxygen atoms in total. The molecule has 1 aromatic carbocycles. The predicted octanol–water partition coefficient (Wildman–Crippen LogP) is 1.56. The van der Waals surface area contributed by atoms with Crippen molar-refractivity contribution < 1.29 is 13.2 Å². The average molecular weight is 371 g/mol. The molecule has 0 aliphatic heterocycles. The number of hydrogen-bond acceptors (Lipinski definition) is 6. The third-order valence-electron chi connectivity index (χ3n) is 3.75. The summed E-state index contributed by atoms with van der Waals surface area (Å²) in [7, 11) is -1.96. The number of nitrogens with one attached hydrogen (secondary N) is 1. The van der Waals surface area contributed by atoms with Gasteiger partial charge in [0.1, 0.15) is 0 Å². The van der Waals surface area contributed by atoms with E-state index < -0.39 is 10.0 Å². The molecule has 26 heavy (non-hydrogen) atoms. The van der Waals surface area contributed by atoms with Crippen molar-refractivity contribution in [3.05, 3.63) is 60.3 Å². The minimum absolute atomic E-state index is 0.0190. The van der Waals surface area contributed by atoms with Crippen molar-refractivity contribution in [2.45, 2.75) is 18.4 Å². The second kappa shape index (κ2) is 7.14. The summed E-state index contributed by atoms with van der Waals surface area (Å²) in [5.41, 5.74) is 2.26. The first-order chi connectivity index (χ1) is 12.4. The van der Waals surface area contributed by atoms with Crippen LogP contribution >= 0.6 is 0 Å². The molecule has 0 fully saturated rings. The topological polar surface area (TPSA) is 107 Å². The van der Waals surface area contributed by atoms with Crippen LogP contribution in [0.3, 0.4) is 0 Å². The summed E-state index contributed by atoms with van der Waals surface area (Å²) in [5.74, 6) is -0.123. The number of carbonyl (C=O) groups excluding carboxylic acids is 1. The van der Waals surface area contributed by atoms with Gasteiger partial charge in [0.05, 0.1) is 29.0 Å². The van der Waals surface area contributed by atoms with E-state index in [1.165, 1.54) is 37.4 Å². The largest absolute Gasteiger partial charge is 0.295 e. The fraction of sp³-hybridized carbons (Fsp3) is 0.176. The SMILES string of the molecule is CC(=O)c1ccc(S(=O)(=O)NCc2nccnc2-c2cnn(C)c2)cc1. The lowest BCUT2D eigenvalue weighted by Gasteiger charge is -2.09. The lowest BCUT2D eigenvalue weighted by atomic mass is 10.2. The van der Waals surface area contributed by atoms with Crippen LogP contribution in [-0.2, 0) is 23.6 Å². The summed E-state index contributed by atoms with van der Waals surface area (Å²) < 4.78 is 29.1. The van der Waals surface area contributed by atoms with Crippen LogP contribution < -0.4 is 4.72 Å². The van der Waals surface area contributed by atoms with Gasteiger partial charge in [-0.05, 0) is 19.1 Å². The Bertz CT molecular complexity index is 1040. The molecule has 0 unspecified atom stereocenters. The quantitative estimate of drug-likeness (QED) is 0.659. The third kappa shape index (κ3) is 3.84. The molecule has 0 aliphatic rings. The molecule has 0 aliphatic carbocycles. The molecular weight excluding hydrogens is 354 g/mol. The maximum Gasteiger partial charge on any atom is 0.240 e. The number of carbonyl (C=O) groups is 1. The minimum Gasteiger partial charge on any atom is -0.295 e. The van der Waals surface area contributed by atoms with Gasteiger partial charge in [-0.1, -0.05) is 12.1 Å². The Morgan fingerprint density at radius 2 is 1.85 bits per heavy atom. The van der Waals surface area contributed by atoms with Gasteiger partial charge in [-0.2, -0.15) is 5.10 Å². The molecule has 2 heterocycles. The van der Waals surface area contributed by atoms with Crippen LogP contribution in [-0.4, -0.2) is 33.9 Å². The minimum atomic E-state index is -3.74. The van der Waals surface area contributed by atoms with E-state index in [1.807, 2.05) is 0 Å². The maximum absolute atomic E-state index is 12.5. The molecule has 2 aromatic heterocycles. The molecular formula is C17H17N5O3S. The Morgan fingerprint density at radius 1 is 1.15 bits per heavy atom. The number of aromatic nitrogens is 4. The number of nitrogens with zero attached hydrogens (tertiary/aromatic N) is 4. The van der Waals surface area contributed by atoms with Gasteiger partial charge in [-0.3, -0.25) is 19.4 Å². The highest BCUT2D eigenvalue weighted by Gasteiger charge is 2.17. The smallest absolute Gasteiger partial charge is 0.240 e. The van der Waals surface area contributed by atoms with Gasteiger partial charge in [-0.15, -0.1) is 0 Å². The second-order valence-corrected chi connectivity index (χ2v) is 7.43. The zero-order valence-electron chi connectivity index (χ0n) is 14.2. The molecule has 0 saturated heterocycles. The number of rotatable bonds is 6. The molecule has 1 N–H and O–H groups in total. The molecule has 0 radical (unpaired) electrons. The first kappa shape index (κ1) is 17.9. The van der Waals surface area contributed by atoms with Crippen molar-refractivity contribution in [3.8, 4) is 11.3 Å². The molecule has 0 bridgehead atoms.